The molecule has 0 heterocycles. The Morgan fingerprint density at radius 1 is 1.28 bits per heavy atom. The Bertz CT molecular complexity index is 494. The SMILES string of the molecule is CCC(CC)CNS(=O)(=O)c1cccc(N)c1C. The summed E-state index contributed by atoms with van der Waals surface area (Å²) in [5.74, 6) is 0.376. The summed E-state index contributed by atoms with van der Waals surface area (Å²) in [6, 6.07) is 4.95. The highest BCUT2D eigenvalue weighted by molar-refractivity contribution is 7.89. The van der Waals surface area contributed by atoms with E-state index in [1.165, 1.54) is 0 Å². The van der Waals surface area contributed by atoms with Crippen molar-refractivity contribution < 1.29 is 8.42 Å². The second-order valence-corrected chi connectivity index (χ2v) is 6.24. The molecule has 5 heteroatoms. The molecule has 0 saturated carbocycles. The number of hydrogen-bond donors (Lipinski definition) is 2. The Labute approximate surface area is 110 Å². The molecule has 0 atom stereocenters. The van der Waals surface area contributed by atoms with Crippen LogP contribution in [0, 0.1) is 12.8 Å². The van der Waals surface area contributed by atoms with Crippen LogP contribution in [0.2, 0.25) is 0 Å². The Hall–Kier alpha value is -1.07. The average molecular weight is 270 g/mol. The fourth-order valence-electron chi connectivity index (χ4n) is 1.81. The molecule has 0 aliphatic carbocycles. The van der Waals surface area contributed by atoms with Crippen LogP contribution in [0.25, 0.3) is 0 Å². The van der Waals surface area contributed by atoms with Crippen molar-refractivity contribution in [1.29, 1.82) is 0 Å². The molecule has 1 aromatic carbocycles. The summed E-state index contributed by atoms with van der Waals surface area (Å²) in [6.07, 6.45) is 1.93. The van der Waals surface area contributed by atoms with Gasteiger partial charge in [0, 0.05) is 12.2 Å². The maximum Gasteiger partial charge on any atom is 0.240 e. The van der Waals surface area contributed by atoms with Gasteiger partial charge in [-0.15, -0.1) is 0 Å². The first kappa shape index (κ1) is 15.0. The number of nitrogens with one attached hydrogen (secondary N) is 1. The number of nitrogen functional groups attached to an aromatic ring is 1. The van der Waals surface area contributed by atoms with Gasteiger partial charge in [-0.25, -0.2) is 13.1 Å². The Morgan fingerprint density at radius 2 is 1.89 bits per heavy atom. The van der Waals surface area contributed by atoms with E-state index in [2.05, 4.69) is 18.6 Å². The standard InChI is InChI=1S/C13H22N2O2S/c1-4-11(5-2)9-15-18(16,17)13-8-6-7-12(14)10(13)3/h6-8,11,15H,4-5,9,14H2,1-3H3. The van der Waals surface area contributed by atoms with Crippen molar-refractivity contribution in [2.75, 3.05) is 12.3 Å². The molecule has 0 saturated heterocycles. The average Bonchev–Trinajstić information content (AvgIpc) is 2.33. The molecule has 0 radical (unpaired) electrons. The van der Waals surface area contributed by atoms with E-state index in [0.29, 0.717) is 23.7 Å². The molecule has 3 N–H and O–H groups in total. The van der Waals surface area contributed by atoms with Crippen molar-refractivity contribution in [2.45, 2.75) is 38.5 Å². The first-order chi connectivity index (χ1) is 8.42. The van der Waals surface area contributed by atoms with E-state index >= 15 is 0 Å². The molecule has 4 nitrogen and oxygen atoms in total. The van der Waals surface area contributed by atoms with E-state index in [-0.39, 0.29) is 4.90 Å². The quantitative estimate of drug-likeness (QED) is 0.779. The maximum absolute atomic E-state index is 12.2. The summed E-state index contributed by atoms with van der Waals surface area (Å²) in [5, 5.41) is 0. The van der Waals surface area contributed by atoms with E-state index in [1.807, 2.05) is 0 Å². The third-order valence-electron chi connectivity index (χ3n) is 3.33. The van der Waals surface area contributed by atoms with E-state index in [4.69, 9.17) is 5.73 Å². The van der Waals surface area contributed by atoms with Crippen molar-refractivity contribution in [3.8, 4) is 0 Å². The molecular formula is C13H22N2O2S. The molecule has 0 bridgehead atoms. The van der Waals surface area contributed by atoms with Crippen LogP contribution in [0.1, 0.15) is 32.3 Å². The molecule has 0 aliphatic heterocycles. The van der Waals surface area contributed by atoms with Gasteiger partial charge in [-0.2, -0.15) is 0 Å². The van der Waals surface area contributed by atoms with Crippen LogP contribution < -0.4 is 10.5 Å². The van der Waals surface area contributed by atoms with Gasteiger partial charge in [0.2, 0.25) is 10.0 Å². The maximum atomic E-state index is 12.2. The predicted octanol–water partition coefficient (Wildman–Crippen LogP) is 2.29. The minimum Gasteiger partial charge on any atom is -0.398 e. The van der Waals surface area contributed by atoms with Crippen molar-refractivity contribution >= 4 is 15.7 Å². The number of anilines is 1. The van der Waals surface area contributed by atoms with Gasteiger partial charge < -0.3 is 5.73 Å². The lowest BCUT2D eigenvalue weighted by atomic mass is 10.0. The van der Waals surface area contributed by atoms with Crippen LogP contribution in [0.5, 0.6) is 0 Å². The van der Waals surface area contributed by atoms with Gasteiger partial charge in [-0.1, -0.05) is 32.8 Å². The van der Waals surface area contributed by atoms with Gasteiger partial charge in [-0.3, -0.25) is 0 Å². The van der Waals surface area contributed by atoms with Crippen LogP contribution in [-0.2, 0) is 10.0 Å². The molecule has 1 aromatic rings. The van der Waals surface area contributed by atoms with Gasteiger partial charge in [0.1, 0.15) is 0 Å². The normalized spacial score (nSPS) is 12.0. The number of hydrogen-bond acceptors (Lipinski definition) is 3. The van der Waals surface area contributed by atoms with Crippen LogP contribution in [0.15, 0.2) is 23.1 Å². The smallest absolute Gasteiger partial charge is 0.240 e. The number of nitrogens with two attached hydrogens (primary N) is 1. The van der Waals surface area contributed by atoms with E-state index in [0.717, 1.165) is 12.8 Å². The van der Waals surface area contributed by atoms with Crippen molar-refractivity contribution in [2.24, 2.45) is 5.92 Å². The third kappa shape index (κ3) is 3.46. The topological polar surface area (TPSA) is 72.2 Å². The molecule has 18 heavy (non-hydrogen) atoms. The monoisotopic (exact) mass is 270 g/mol. The highest BCUT2D eigenvalue weighted by atomic mass is 32.2. The summed E-state index contributed by atoms with van der Waals surface area (Å²) in [4.78, 5) is 0.272. The van der Waals surface area contributed by atoms with Gasteiger partial charge in [0.25, 0.3) is 0 Å². The first-order valence-corrected chi connectivity index (χ1v) is 7.75. The summed E-state index contributed by atoms with van der Waals surface area (Å²) in [5.41, 5.74) is 6.84. The van der Waals surface area contributed by atoms with Crippen LogP contribution in [-0.4, -0.2) is 15.0 Å². The van der Waals surface area contributed by atoms with Gasteiger partial charge in [0.15, 0.2) is 0 Å². The van der Waals surface area contributed by atoms with Crippen molar-refractivity contribution in [3.63, 3.8) is 0 Å². The Kier molecular flexibility index (Phi) is 5.16. The summed E-state index contributed by atoms with van der Waals surface area (Å²) < 4.78 is 27.0. The number of rotatable bonds is 6. The lowest BCUT2D eigenvalue weighted by Crippen LogP contribution is -2.29. The molecule has 1 rings (SSSR count). The fourth-order valence-corrected chi connectivity index (χ4v) is 3.19. The lowest BCUT2D eigenvalue weighted by Gasteiger charge is -2.15. The van der Waals surface area contributed by atoms with E-state index in [1.54, 1.807) is 25.1 Å². The van der Waals surface area contributed by atoms with Crippen molar-refractivity contribution in [3.05, 3.63) is 23.8 Å². The second kappa shape index (κ2) is 6.20. The van der Waals surface area contributed by atoms with E-state index < -0.39 is 10.0 Å². The molecule has 102 valence electrons. The molecular weight excluding hydrogens is 248 g/mol. The number of sulfonamides is 1. The molecule has 0 amide bonds. The highest BCUT2D eigenvalue weighted by Crippen LogP contribution is 2.20. The molecule has 0 unspecified atom stereocenters. The Morgan fingerprint density at radius 3 is 2.44 bits per heavy atom. The zero-order valence-corrected chi connectivity index (χ0v) is 12.0. The van der Waals surface area contributed by atoms with E-state index in [9.17, 15) is 8.42 Å². The lowest BCUT2D eigenvalue weighted by molar-refractivity contribution is 0.479. The third-order valence-corrected chi connectivity index (χ3v) is 4.90. The molecule has 0 aromatic heterocycles. The number of benzene rings is 1. The predicted molar refractivity (Wildman–Crippen MR) is 74.9 cm³/mol. The summed E-state index contributed by atoms with van der Waals surface area (Å²) in [6.45, 7) is 6.33. The largest absolute Gasteiger partial charge is 0.398 e. The summed E-state index contributed by atoms with van der Waals surface area (Å²) >= 11 is 0. The van der Waals surface area contributed by atoms with Crippen LogP contribution in [0.3, 0.4) is 0 Å². The fraction of sp³-hybridized carbons (Fsp3) is 0.538. The zero-order valence-electron chi connectivity index (χ0n) is 11.2. The molecule has 0 spiro atoms. The highest BCUT2D eigenvalue weighted by Gasteiger charge is 2.18. The van der Waals surface area contributed by atoms with Crippen LogP contribution in [0.4, 0.5) is 5.69 Å². The van der Waals surface area contributed by atoms with Gasteiger partial charge in [0.05, 0.1) is 4.90 Å². The molecule has 0 aliphatic rings. The second-order valence-electron chi connectivity index (χ2n) is 4.50. The van der Waals surface area contributed by atoms with Gasteiger partial charge in [-0.05, 0) is 30.5 Å². The van der Waals surface area contributed by atoms with Gasteiger partial charge >= 0.3 is 0 Å². The summed E-state index contributed by atoms with van der Waals surface area (Å²) in [7, 11) is -3.46. The Balaban J connectivity index is 2.90. The van der Waals surface area contributed by atoms with Crippen molar-refractivity contribution in [1.82, 2.24) is 4.72 Å². The minimum absolute atomic E-state index is 0.272. The minimum atomic E-state index is -3.46. The zero-order chi connectivity index (χ0) is 13.8. The molecule has 0 fully saturated rings. The van der Waals surface area contributed by atoms with Crippen LogP contribution >= 0.6 is 0 Å². The first-order valence-electron chi connectivity index (χ1n) is 6.27.